The van der Waals surface area contributed by atoms with Crippen molar-refractivity contribution in [1.29, 1.82) is 0 Å². The van der Waals surface area contributed by atoms with E-state index in [-0.39, 0.29) is 0 Å². The maximum atomic E-state index is 4.43. The Morgan fingerprint density at radius 2 is 2.10 bits per heavy atom. The standard InChI is InChI=1S/C18H25N3/c1-4-14-8-10-15(11-9-14)13(2)20-17-6-5-7-18-16(17)12-19-21(18)3/h8-13,17,20H,4-7H2,1-3H3. The number of aromatic nitrogens is 2. The zero-order valence-electron chi connectivity index (χ0n) is 13.3. The SMILES string of the molecule is CCc1ccc(C(C)NC2CCCc3c2cnn3C)cc1. The predicted molar refractivity (Wildman–Crippen MR) is 86.3 cm³/mol. The van der Waals surface area contributed by atoms with Gasteiger partial charge in [-0.3, -0.25) is 4.68 Å². The Labute approximate surface area is 127 Å². The molecule has 1 aromatic heterocycles. The van der Waals surface area contributed by atoms with Crippen molar-refractivity contribution in [1.82, 2.24) is 15.1 Å². The summed E-state index contributed by atoms with van der Waals surface area (Å²) in [7, 11) is 2.05. The second kappa shape index (κ2) is 6.02. The van der Waals surface area contributed by atoms with E-state index in [1.807, 2.05) is 17.9 Å². The molecule has 0 aliphatic heterocycles. The van der Waals surface area contributed by atoms with Crippen molar-refractivity contribution in [2.45, 2.75) is 51.6 Å². The van der Waals surface area contributed by atoms with Crippen LogP contribution in [0.2, 0.25) is 0 Å². The average Bonchev–Trinajstić information content (AvgIpc) is 2.90. The summed E-state index contributed by atoms with van der Waals surface area (Å²) in [5, 5.41) is 8.22. The van der Waals surface area contributed by atoms with Crippen molar-refractivity contribution in [3.8, 4) is 0 Å². The Balaban J connectivity index is 1.74. The van der Waals surface area contributed by atoms with Gasteiger partial charge in [-0.1, -0.05) is 31.2 Å². The molecule has 1 N–H and O–H groups in total. The summed E-state index contributed by atoms with van der Waals surface area (Å²) < 4.78 is 2.03. The monoisotopic (exact) mass is 283 g/mol. The minimum atomic E-state index is 0.368. The van der Waals surface area contributed by atoms with Crippen LogP contribution in [0, 0.1) is 0 Å². The smallest absolute Gasteiger partial charge is 0.0540 e. The summed E-state index contributed by atoms with van der Waals surface area (Å²) in [6.45, 7) is 4.45. The number of hydrogen-bond donors (Lipinski definition) is 1. The van der Waals surface area contributed by atoms with Crippen molar-refractivity contribution >= 4 is 0 Å². The minimum Gasteiger partial charge on any atom is -0.303 e. The first-order valence-corrected chi connectivity index (χ1v) is 8.04. The van der Waals surface area contributed by atoms with Gasteiger partial charge in [0.2, 0.25) is 0 Å². The third kappa shape index (κ3) is 2.88. The molecule has 2 unspecified atom stereocenters. The molecular formula is C18H25N3. The maximum Gasteiger partial charge on any atom is 0.0540 e. The lowest BCUT2D eigenvalue weighted by atomic mass is 9.92. The second-order valence-corrected chi connectivity index (χ2v) is 6.10. The Kier molecular flexibility index (Phi) is 4.11. The van der Waals surface area contributed by atoms with E-state index < -0.39 is 0 Å². The molecule has 1 aliphatic rings. The highest BCUT2D eigenvalue weighted by Gasteiger charge is 2.24. The highest BCUT2D eigenvalue weighted by atomic mass is 15.3. The molecule has 0 radical (unpaired) electrons. The van der Waals surface area contributed by atoms with E-state index >= 15 is 0 Å². The van der Waals surface area contributed by atoms with E-state index in [1.165, 1.54) is 35.2 Å². The van der Waals surface area contributed by atoms with Crippen molar-refractivity contribution in [3.05, 3.63) is 52.8 Å². The fourth-order valence-corrected chi connectivity index (χ4v) is 3.32. The third-order valence-electron chi connectivity index (χ3n) is 4.71. The van der Waals surface area contributed by atoms with Crippen LogP contribution in [0.15, 0.2) is 30.5 Å². The number of benzene rings is 1. The molecular weight excluding hydrogens is 258 g/mol. The number of aryl methyl sites for hydroxylation is 2. The number of hydrogen-bond acceptors (Lipinski definition) is 2. The first-order chi connectivity index (χ1) is 10.2. The highest BCUT2D eigenvalue weighted by molar-refractivity contribution is 5.27. The Hall–Kier alpha value is -1.61. The predicted octanol–water partition coefficient (Wildman–Crippen LogP) is 3.71. The third-order valence-corrected chi connectivity index (χ3v) is 4.71. The van der Waals surface area contributed by atoms with Crippen LogP contribution in [0.5, 0.6) is 0 Å². The summed E-state index contributed by atoms with van der Waals surface area (Å²) in [6.07, 6.45) is 6.74. The van der Waals surface area contributed by atoms with E-state index in [0.717, 1.165) is 12.8 Å². The molecule has 0 spiro atoms. The average molecular weight is 283 g/mol. The lowest BCUT2D eigenvalue weighted by Gasteiger charge is -2.27. The van der Waals surface area contributed by atoms with Gasteiger partial charge in [0.15, 0.2) is 0 Å². The number of fused-ring (bicyclic) bond motifs is 1. The maximum absolute atomic E-state index is 4.43. The topological polar surface area (TPSA) is 29.9 Å². The molecule has 1 aliphatic carbocycles. The summed E-state index contributed by atoms with van der Waals surface area (Å²) in [5.74, 6) is 0. The van der Waals surface area contributed by atoms with Gasteiger partial charge in [-0.05, 0) is 43.7 Å². The van der Waals surface area contributed by atoms with Gasteiger partial charge in [0.1, 0.15) is 0 Å². The Bertz CT molecular complexity index is 597. The van der Waals surface area contributed by atoms with Crippen LogP contribution in [-0.4, -0.2) is 9.78 Å². The summed E-state index contributed by atoms with van der Waals surface area (Å²) in [6, 6.07) is 9.79. The van der Waals surface area contributed by atoms with Gasteiger partial charge < -0.3 is 5.32 Å². The Morgan fingerprint density at radius 3 is 2.81 bits per heavy atom. The molecule has 3 rings (SSSR count). The fraction of sp³-hybridized carbons (Fsp3) is 0.500. The fourth-order valence-electron chi connectivity index (χ4n) is 3.32. The van der Waals surface area contributed by atoms with E-state index in [1.54, 1.807) is 0 Å². The molecule has 2 aromatic rings. The van der Waals surface area contributed by atoms with Crippen LogP contribution >= 0.6 is 0 Å². The zero-order chi connectivity index (χ0) is 14.8. The zero-order valence-corrected chi connectivity index (χ0v) is 13.3. The number of nitrogens with zero attached hydrogens (tertiary/aromatic N) is 2. The van der Waals surface area contributed by atoms with Gasteiger partial charge in [0.25, 0.3) is 0 Å². The molecule has 0 fully saturated rings. The van der Waals surface area contributed by atoms with E-state index in [4.69, 9.17) is 0 Å². The van der Waals surface area contributed by atoms with Crippen LogP contribution in [0.4, 0.5) is 0 Å². The number of nitrogens with one attached hydrogen (secondary N) is 1. The summed E-state index contributed by atoms with van der Waals surface area (Å²) in [5.41, 5.74) is 5.55. The molecule has 21 heavy (non-hydrogen) atoms. The van der Waals surface area contributed by atoms with Gasteiger partial charge >= 0.3 is 0 Å². The van der Waals surface area contributed by atoms with Crippen LogP contribution in [0.25, 0.3) is 0 Å². The molecule has 2 atom stereocenters. The lowest BCUT2D eigenvalue weighted by Crippen LogP contribution is -2.27. The molecule has 0 bridgehead atoms. The quantitative estimate of drug-likeness (QED) is 0.927. The normalized spacial score (nSPS) is 19.3. The molecule has 0 saturated heterocycles. The summed E-state index contributed by atoms with van der Waals surface area (Å²) >= 11 is 0. The van der Waals surface area contributed by atoms with Crippen LogP contribution < -0.4 is 5.32 Å². The summed E-state index contributed by atoms with van der Waals surface area (Å²) in [4.78, 5) is 0. The van der Waals surface area contributed by atoms with E-state index in [0.29, 0.717) is 12.1 Å². The van der Waals surface area contributed by atoms with Crippen molar-refractivity contribution in [2.75, 3.05) is 0 Å². The first kappa shape index (κ1) is 14.3. The van der Waals surface area contributed by atoms with Crippen molar-refractivity contribution in [2.24, 2.45) is 7.05 Å². The van der Waals surface area contributed by atoms with Gasteiger partial charge in [-0.25, -0.2) is 0 Å². The van der Waals surface area contributed by atoms with Gasteiger partial charge in [0.05, 0.1) is 6.20 Å². The van der Waals surface area contributed by atoms with Crippen LogP contribution in [-0.2, 0) is 19.9 Å². The van der Waals surface area contributed by atoms with Gasteiger partial charge in [0, 0.05) is 30.4 Å². The van der Waals surface area contributed by atoms with Gasteiger partial charge in [-0.15, -0.1) is 0 Å². The Morgan fingerprint density at radius 1 is 1.33 bits per heavy atom. The minimum absolute atomic E-state index is 0.368. The van der Waals surface area contributed by atoms with Crippen LogP contribution in [0.1, 0.15) is 61.2 Å². The molecule has 3 nitrogen and oxygen atoms in total. The molecule has 0 saturated carbocycles. The van der Waals surface area contributed by atoms with E-state index in [9.17, 15) is 0 Å². The van der Waals surface area contributed by atoms with Crippen molar-refractivity contribution in [3.63, 3.8) is 0 Å². The van der Waals surface area contributed by atoms with E-state index in [2.05, 4.69) is 48.5 Å². The molecule has 1 aromatic carbocycles. The second-order valence-electron chi connectivity index (χ2n) is 6.10. The van der Waals surface area contributed by atoms with Gasteiger partial charge in [-0.2, -0.15) is 5.10 Å². The molecule has 3 heteroatoms. The molecule has 0 amide bonds. The molecule has 112 valence electrons. The molecule has 1 heterocycles. The largest absolute Gasteiger partial charge is 0.303 e. The first-order valence-electron chi connectivity index (χ1n) is 8.04. The highest BCUT2D eigenvalue weighted by Crippen LogP contribution is 2.31. The van der Waals surface area contributed by atoms with Crippen molar-refractivity contribution < 1.29 is 0 Å². The number of rotatable bonds is 4. The lowest BCUT2D eigenvalue weighted by molar-refractivity contribution is 0.411. The van der Waals surface area contributed by atoms with Crippen LogP contribution in [0.3, 0.4) is 0 Å².